The molecule has 0 aliphatic rings. The van der Waals surface area contributed by atoms with E-state index in [0.717, 1.165) is 27.2 Å². The number of fused-ring (bicyclic) bond motifs is 1. The normalized spacial score (nSPS) is 10.9. The lowest BCUT2D eigenvalue weighted by Crippen LogP contribution is -1.87. The summed E-state index contributed by atoms with van der Waals surface area (Å²) in [6.45, 7) is 1.97. The molecule has 0 spiro atoms. The van der Waals surface area contributed by atoms with Crippen LogP contribution in [-0.4, -0.2) is 14.3 Å². The minimum Gasteiger partial charge on any atom is -0.253 e. The molecule has 1 aromatic carbocycles. The molecule has 0 amide bonds. The van der Waals surface area contributed by atoms with E-state index in [0.29, 0.717) is 5.28 Å². The third-order valence-corrected chi connectivity index (χ3v) is 3.49. The van der Waals surface area contributed by atoms with Gasteiger partial charge in [-0.05, 0) is 42.2 Å². The van der Waals surface area contributed by atoms with E-state index in [4.69, 9.17) is 11.6 Å². The Labute approximate surface area is 107 Å². The van der Waals surface area contributed by atoms with Gasteiger partial charge in [-0.15, -0.1) is 0 Å². The van der Waals surface area contributed by atoms with Crippen LogP contribution in [0.5, 0.6) is 0 Å². The molecular weight excluding hydrogens is 254 g/mol. The molecule has 0 atom stereocenters. The van der Waals surface area contributed by atoms with Crippen LogP contribution in [0.3, 0.4) is 0 Å². The Balaban J connectivity index is 2.35. The average Bonchev–Trinajstić information content (AvgIpc) is 2.74. The van der Waals surface area contributed by atoms with E-state index >= 15 is 0 Å². The smallest absolute Gasteiger partial charge is 0.234 e. The van der Waals surface area contributed by atoms with E-state index in [1.54, 1.807) is 0 Å². The fraction of sp³-hybridized carbons (Fsp3) is 0.0833. The van der Waals surface area contributed by atoms with Crippen LogP contribution in [0.4, 0.5) is 0 Å². The van der Waals surface area contributed by atoms with Gasteiger partial charge in [-0.3, -0.25) is 4.98 Å². The molecule has 0 aliphatic carbocycles. The maximum atomic E-state index is 5.77. The van der Waals surface area contributed by atoms with Crippen molar-refractivity contribution >= 4 is 34.0 Å². The van der Waals surface area contributed by atoms with Crippen LogP contribution in [0.15, 0.2) is 30.3 Å². The molecule has 3 aromatic rings. The van der Waals surface area contributed by atoms with Crippen molar-refractivity contribution in [1.29, 1.82) is 0 Å². The lowest BCUT2D eigenvalue weighted by atomic mass is 10.1. The Morgan fingerprint density at radius 1 is 1.18 bits per heavy atom. The zero-order valence-electron chi connectivity index (χ0n) is 9.01. The Hall–Kier alpha value is -1.52. The number of nitrogens with zero attached hydrogens (tertiary/aromatic N) is 3. The molecule has 3 nitrogen and oxygen atoms in total. The lowest BCUT2D eigenvalue weighted by Gasteiger charge is -2.04. The van der Waals surface area contributed by atoms with Gasteiger partial charge in [-0.25, -0.2) is 4.98 Å². The minimum absolute atomic E-state index is 0.295. The predicted octanol–water partition coefficient (Wildman–Crippen LogP) is 3.72. The van der Waals surface area contributed by atoms with E-state index in [9.17, 15) is 0 Å². The third-order valence-electron chi connectivity index (χ3n) is 2.48. The second kappa shape index (κ2) is 4.05. The molecule has 0 radical (unpaired) electrons. The van der Waals surface area contributed by atoms with E-state index in [1.807, 2.05) is 37.3 Å². The Morgan fingerprint density at radius 3 is 2.76 bits per heavy atom. The summed E-state index contributed by atoms with van der Waals surface area (Å²) in [5.41, 5.74) is 2.97. The zero-order chi connectivity index (χ0) is 11.8. The molecule has 2 heterocycles. The van der Waals surface area contributed by atoms with Gasteiger partial charge in [-0.1, -0.05) is 18.2 Å². The van der Waals surface area contributed by atoms with Gasteiger partial charge in [0.1, 0.15) is 5.01 Å². The first-order valence-electron chi connectivity index (χ1n) is 5.10. The summed E-state index contributed by atoms with van der Waals surface area (Å²) in [6.07, 6.45) is 0. The van der Waals surface area contributed by atoms with Crippen molar-refractivity contribution in [3.63, 3.8) is 0 Å². The molecule has 84 valence electrons. The monoisotopic (exact) mass is 261 g/mol. The molecule has 0 fully saturated rings. The highest BCUT2D eigenvalue weighted by atomic mass is 35.5. The quantitative estimate of drug-likeness (QED) is 0.670. The van der Waals surface area contributed by atoms with Crippen molar-refractivity contribution < 1.29 is 0 Å². The fourth-order valence-electron chi connectivity index (χ4n) is 1.80. The number of aromatic nitrogens is 3. The van der Waals surface area contributed by atoms with Crippen LogP contribution in [0.1, 0.15) is 5.69 Å². The number of rotatable bonds is 1. The number of hydrogen-bond donors (Lipinski definition) is 0. The standard InChI is InChI=1S/C12H8ClN3S/c1-7-6-9(11-15-12(13)16-17-11)8-4-2-3-5-10(8)14-7/h2-6H,1H3. The average molecular weight is 262 g/mol. The Bertz CT molecular complexity index is 693. The molecule has 2 aromatic heterocycles. The highest BCUT2D eigenvalue weighted by molar-refractivity contribution is 7.09. The summed E-state index contributed by atoms with van der Waals surface area (Å²) in [5, 5.41) is 2.20. The lowest BCUT2D eigenvalue weighted by molar-refractivity contribution is 1.25. The van der Waals surface area contributed by atoms with Crippen LogP contribution in [0.25, 0.3) is 21.5 Å². The summed E-state index contributed by atoms with van der Waals surface area (Å²) < 4.78 is 4.01. The van der Waals surface area contributed by atoms with Crippen LogP contribution < -0.4 is 0 Å². The number of benzene rings is 1. The first-order valence-corrected chi connectivity index (χ1v) is 6.25. The maximum Gasteiger partial charge on any atom is 0.234 e. The third kappa shape index (κ3) is 1.90. The van der Waals surface area contributed by atoms with Crippen LogP contribution in [-0.2, 0) is 0 Å². The van der Waals surface area contributed by atoms with Gasteiger partial charge in [0.15, 0.2) is 0 Å². The summed E-state index contributed by atoms with van der Waals surface area (Å²) >= 11 is 7.08. The van der Waals surface area contributed by atoms with Gasteiger partial charge in [0, 0.05) is 16.6 Å². The predicted molar refractivity (Wildman–Crippen MR) is 70.4 cm³/mol. The molecule has 0 N–H and O–H groups in total. The van der Waals surface area contributed by atoms with Crippen molar-refractivity contribution in [3.05, 3.63) is 41.3 Å². The van der Waals surface area contributed by atoms with E-state index in [2.05, 4.69) is 14.3 Å². The second-order valence-electron chi connectivity index (χ2n) is 3.70. The summed E-state index contributed by atoms with van der Waals surface area (Å²) in [4.78, 5) is 8.71. The zero-order valence-corrected chi connectivity index (χ0v) is 10.6. The summed E-state index contributed by atoms with van der Waals surface area (Å²) in [7, 11) is 0. The molecule has 3 rings (SSSR count). The molecule has 0 bridgehead atoms. The first-order chi connectivity index (χ1) is 8.24. The fourth-order valence-corrected chi connectivity index (χ4v) is 2.63. The maximum absolute atomic E-state index is 5.77. The van der Waals surface area contributed by atoms with Crippen LogP contribution in [0, 0.1) is 6.92 Å². The molecule has 5 heteroatoms. The van der Waals surface area contributed by atoms with Crippen molar-refractivity contribution in [2.45, 2.75) is 6.92 Å². The number of hydrogen-bond acceptors (Lipinski definition) is 4. The van der Waals surface area contributed by atoms with E-state index < -0.39 is 0 Å². The second-order valence-corrected chi connectivity index (χ2v) is 4.79. The Morgan fingerprint density at radius 2 is 2.00 bits per heavy atom. The van der Waals surface area contributed by atoms with Gasteiger partial charge < -0.3 is 0 Å². The SMILES string of the molecule is Cc1cc(-c2nc(Cl)ns2)c2ccccc2n1. The Kier molecular flexibility index (Phi) is 2.53. The van der Waals surface area contributed by atoms with Crippen molar-refractivity contribution in [2.24, 2.45) is 0 Å². The van der Waals surface area contributed by atoms with Crippen molar-refractivity contribution in [2.75, 3.05) is 0 Å². The molecule has 0 aliphatic heterocycles. The highest BCUT2D eigenvalue weighted by Gasteiger charge is 2.10. The highest BCUT2D eigenvalue weighted by Crippen LogP contribution is 2.30. The minimum atomic E-state index is 0.295. The molecule has 17 heavy (non-hydrogen) atoms. The number of halogens is 1. The van der Waals surface area contributed by atoms with Crippen LogP contribution >= 0.6 is 23.1 Å². The van der Waals surface area contributed by atoms with Crippen LogP contribution in [0.2, 0.25) is 5.28 Å². The summed E-state index contributed by atoms with van der Waals surface area (Å²) in [6, 6.07) is 10.0. The number of para-hydroxylation sites is 1. The molecular formula is C12H8ClN3S. The van der Waals surface area contributed by atoms with Gasteiger partial charge in [0.2, 0.25) is 5.28 Å². The van der Waals surface area contributed by atoms with Gasteiger partial charge in [-0.2, -0.15) is 4.37 Å². The topological polar surface area (TPSA) is 38.7 Å². The van der Waals surface area contributed by atoms with Gasteiger partial charge in [0.05, 0.1) is 5.52 Å². The van der Waals surface area contributed by atoms with Crippen molar-refractivity contribution in [1.82, 2.24) is 14.3 Å². The first kappa shape index (κ1) is 10.6. The van der Waals surface area contributed by atoms with Gasteiger partial charge >= 0.3 is 0 Å². The number of aryl methyl sites for hydroxylation is 1. The van der Waals surface area contributed by atoms with Gasteiger partial charge in [0.25, 0.3) is 0 Å². The molecule has 0 saturated heterocycles. The summed E-state index contributed by atoms with van der Waals surface area (Å²) in [5.74, 6) is 0. The van der Waals surface area contributed by atoms with E-state index in [-0.39, 0.29) is 0 Å². The molecule has 0 saturated carbocycles. The number of pyridine rings is 1. The van der Waals surface area contributed by atoms with E-state index in [1.165, 1.54) is 11.5 Å². The largest absolute Gasteiger partial charge is 0.253 e. The van der Waals surface area contributed by atoms with Crippen molar-refractivity contribution in [3.8, 4) is 10.6 Å². The molecule has 0 unspecified atom stereocenters.